The Labute approximate surface area is 241 Å². The maximum Gasteiger partial charge on any atom is 0.343 e. The summed E-state index contributed by atoms with van der Waals surface area (Å²) < 4.78 is 26.0. The number of methoxy groups -OCH3 is 1. The summed E-state index contributed by atoms with van der Waals surface area (Å²) in [6.07, 6.45) is 1.34. The van der Waals surface area contributed by atoms with E-state index in [9.17, 15) is 14.0 Å². The van der Waals surface area contributed by atoms with E-state index in [0.29, 0.717) is 42.9 Å². The number of benzene rings is 4. The SMILES string of the molecule is COc1ccc(C(=O)Oc2ccc(Br)cc2C=NNC(=O)c2[nH]c3c(F)cccc3c2-c2ccccc2Cl)cc1. The minimum atomic E-state index is -0.617. The van der Waals surface area contributed by atoms with E-state index in [0.717, 1.165) is 0 Å². The van der Waals surface area contributed by atoms with Gasteiger partial charge in [-0.25, -0.2) is 14.6 Å². The number of aromatic nitrogens is 1. The number of amides is 1. The largest absolute Gasteiger partial charge is 0.497 e. The molecule has 0 unspecified atom stereocenters. The molecule has 5 aromatic rings. The molecular formula is C30H20BrClFN3O4. The lowest BCUT2D eigenvalue weighted by atomic mass is 10.0. The average molecular weight is 621 g/mol. The summed E-state index contributed by atoms with van der Waals surface area (Å²) in [5, 5.41) is 4.98. The molecule has 1 amide bonds. The number of carbonyl (C=O) groups excluding carboxylic acids is 2. The number of rotatable bonds is 7. The highest BCUT2D eigenvalue weighted by Gasteiger charge is 2.22. The molecule has 200 valence electrons. The van der Waals surface area contributed by atoms with E-state index in [1.807, 2.05) is 0 Å². The minimum absolute atomic E-state index is 0.0887. The van der Waals surface area contributed by atoms with E-state index in [4.69, 9.17) is 21.1 Å². The van der Waals surface area contributed by atoms with Crippen LogP contribution in [0.5, 0.6) is 11.5 Å². The second kappa shape index (κ2) is 11.7. The van der Waals surface area contributed by atoms with Crippen molar-refractivity contribution in [2.45, 2.75) is 0 Å². The minimum Gasteiger partial charge on any atom is -0.497 e. The maximum absolute atomic E-state index is 14.6. The zero-order valence-electron chi connectivity index (χ0n) is 20.9. The second-order valence-electron chi connectivity index (χ2n) is 8.52. The number of halogens is 3. The molecule has 2 N–H and O–H groups in total. The van der Waals surface area contributed by atoms with Crippen LogP contribution >= 0.6 is 27.5 Å². The summed E-state index contributed by atoms with van der Waals surface area (Å²) in [6, 6.07) is 23.0. The fourth-order valence-electron chi connectivity index (χ4n) is 4.11. The molecule has 0 spiro atoms. The lowest BCUT2D eigenvalue weighted by Crippen LogP contribution is -2.19. The highest BCUT2D eigenvalue weighted by molar-refractivity contribution is 9.10. The number of hydrogen-bond donors (Lipinski definition) is 2. The van der Waals surface area contributed by atoms with Crippen molar-refractivity contribution in [3.8, 4) is 22.6 Å². The van der Waals surface area contributed by atoms with Crippen LogP contribution in [0.3, 0.4) is 0 Å². The Balaban J connectivity index is 1.42. The molecular weight excluding hydrogens is 601 g/mol. The van der Waals surface area contributed by atoms with Gasteiger partial charge in [0.1, 0.15) is 23.0 Å². The number of nitrogens with zero attached hydrogens (tertiary/aromatic N) is 1. The Bertz CT molecular complexity index is 1770. The molecule has 40 heavy (non-hydrogen) atoms. The van der Waals surface area contributed by atoms with Crippen molar-refractivity contribution in [1.82, 2.24) is 10.4 Å². The predicted molar refractivity (Wildman–Crippen MR) is 156 cm³/mol. The summed E-state index contributed by atoms with van der Waals surface area (Å²) in [7, 11) is 1.54. The van der Waals surface area contributed by atoms with E-state index >= 15 is 0 Å². The number of aromatic amines is 1. The van der Waals surface area contributed by atoms with Gasteiger partial charge in [0.25, 0.3) is 5.91 Å². The van der Waals surface area contributed by atoms with Gasteiger partial charge in [-0.3, -0.25) is 4.79 Å². The number of carbonyl (C=O) groups is 2. The van der Waals surface area contributed by atoms with Crippen LogP contribution < -0.4 is 14.9 Å². The number of fused-ring (bicyclic) bond motifs is 1. The molecule has 0 radical (unpaired) electrons. The van der Waals surface area contributed by atoms with Crippen molar-refractivity contribution in [2.24, 2.45) is 5.10 Å². The van der Waals surface area contributed by atoms with Crippen molar-refractivity contribution in [2.75, 3.05) is 7.11 Å². The molecule has 0 saturated heterocycles. The van der Waals surface area contributed by atoms with Crippen LogP contribution in [-0.4, -0.2) is 30.2 Å². The van der Waals surface area contributed by atoms with Crippen LogP contribution in [0.4, 0.5) is 4.39 Å². The zero-order chi connectivity index (χ0) is 28.2. The van der Waals surface area contributed by atoms with Crippen molar-refractivity contribution in [3.63, 3.8) is 0 Å². The van der Waals surface area contributed by atoms with Gasteiger partial charge >= 0.3 is 5.97 Å². The molecule has 0 saturated carbocycles. The van der Waals surface area contributed by atoms with Gasteiger partial charge in [0.15, 0.2) is 0 Å². The van der Waals surface area contributed by atoms with Crippen LogP contribution in [0.15, 0.2) is 94.5 Å². The number of hydrazone groups is 1. The zero-order valence-corrected chi connectivity index (χ0v) is 23.2. The first kappa shape index (κ1) is 27.1. The molecule has 0 fully saturated rings. The van der Waals surface area contributed by atoms with E-state index in [1.165, 1.54) is 19.4 Å². The second-order valence-corrected chi connectivity index (χ2v) is 9.84. The third kappa shape index (κ3) is 5.61. The first-order chi connectivity index (χ1) is 19.4. The third-order valence-corrected chi connectivity index (χ3v) is 6.85. The molecule has 0 aliphatic carbocycles. The highest BCUT2D eigenvalue weighted by Crippen LogP contribution is 2.37. The number of hydrogen-bond acceptors (Lipinski definition) is 5. The van der Waals surface area contributed by atoms with E-state index in [2.05, 4.69) is 31.4 Å². The smallest absolute Gasteiger partial charge is 0.343 e. The molecule has 1 heterocycles. The standard InChI is InChI=1S/C30H20BrClFN3O4/c1-39-20-12-9-17(10-13-20)30(38)40-25-14-11-19(31)15-18(25)16-34-36-29(37)28-26(21-5-2-3-7-23(21)32)22-6-4-8-24(33)27(22)35-28/h2-16,35H,1H3,(H,36,37). The summed E-state index contributed by atoms with van der Waals surface area (Å²) in [4.78, 5) is 28.8. The van der Waals surface area contributed by atoms with Crippen LogP contribution in [0.2, 0.25) is 5.02 Å². The van der Waals surface area contributed by atoms with Gasteiger partial charge in [-0.1, -0.05) is 57.9 Å². The molecule has 0 aliphatic heterocycles. The third-order valence-electron chi connectivity index (χ3n) is 6.02. The first-order valence-electron chi connectivity index (χ1n) is 11.9. The van der Waals surface area contributed by atoms with E-state index in [1.54, 1.807) is 78.9 Å². The van der Waals surface area contributed by atoms with Crippen LogP contribution in [0.25, 0.3) is 22.0 Å². The van der Waals surface area contributed by atoms with Crippen molar-refractivity contribution in [1.29, 1.82) is 0 Å². The Morgan fingerprint density at radius 2 is 1.80 bits per heavy atom. The van der Waals surface area contributed by atoms with E-state index < -0.39 is 17.7 Å². The van der Waals surface area contributed by atoms with E-state index in [-0.39, 0.29) is 17.0 Å². The highest BCUT2D eigenvalue weighted by atomic mass is 79.9. The topological polar surface area (TPSA) is 92.8 Å². The van der Waals surface area contributed by atoms with Gasteiger partial charge in [0.05, 0.1) is 24.4 Å². The lowest BCUT2D eigenvalue weighted by molar-refractivity contribution is 0.0734. The Morgan fingerprint density at radius 1 is 1.02 bits per heavy atom. The summed E-state index contributed by atoms with van der Waals surface area (Å²) in [5.74, 6) is -0.863. The molecule has 1 aromatic heterocycles. The molecule has 10 heteroatoms. The Morgan fingerprint density at radius 3 is 2.55 bits per heavy atom. The summed E-state index contributed by atoms with van der Waals surface area (Å²) in [6.45, 7) is 0. The number of nitrogens with one attached hydrogen (secondary N) is 2. The van der Waals surface area contributed by atoms with Crippen LogP contribution in [0, 0.1) is 5.82 Å². The van der Waals surface area contributed by atoms with Gasteiger partial charge in [-0.2, -0.15) is 5.10 Å². The van der Waals surface area contributed by atoms with Crippen LogP contribution in [0.1, 0.15) is 26.4 Å². The Hall–Kier alpha value is -4.47. The first-order valence-corrected chi connectivity index (χ1v) is 13.1. The Kier molecular flexibility index (Phi) is 7.95. The number of H-pyrrole nitrogens is 1. The monoisotopic (exact) mass is 619 g/mol. The van der Waals surface area contributed by atoms with Crippen LogP contribution in [-0.2, 0) is 0 Å². The number of esters is 1. The average Bonchev–Trinajstić information content (AvgIpc) is 3.35. The lowest BCUT2D eigenvalue weighted by Gasteiger charge is -2.09. The predicted octanol–water partition coefficient (Wildman–Crippen LogP) is 7.38. The number of ether oxygens (including phenoxy) is 2. The van der Waals surface area contributed by atoms with Crippen molar-refractivity contribution in [3.05, 3.63) is 117 Å². The van der Waals surface area contributed by atoms with Gasteiger partial charge in [-0.05, 0) is 54.6 Å². The quantitative estimate of drug-likeness (QED) is 0.0859. The molecule has 0 aliphatic rings. The maximum atomic E-state index is 14.6. The van der Waals surface area contributed by atoms with Gasteiger partial charge in [0.2, 0.25) is 0 Å². The van der Waals surface area contributed by atoms with Gasteiger partial charge in [0, 0.05) is 31.6 Å². The number of para-hydroxylation sites is 1. The fourth-order valence-corrected chi connectivity index (χ4v) is 4.72. The molecule has 5 rings (SSSR count). The molecule has 0 bridgehead atoms. The summed E-state index contributed by atoms with van der Waals surface area (Å²) in [5.41, 5.74) is 4.49. The molecule has 4 aromatic carbocycles. The van der Waals surface area contributed by atoms with Crippen molar-refractivity contribution < 1.29 is 23.5 Å². The summed E-state index contributed by atoms with van der Waals surface area (Å²) >= 11 is 9.82. The fraction of sp³-hybridized carbons (Fsp3) is 0.0333. The van der Waals surface area contributed by atoms with Crippen molar-refractivity contribution >= 4 is 56.5 Å². The normalized spacial score (nSPS) is 11.1. The van der Waals surface area contributed by atoms with Gasteiger partial charge in [-0.15, -0.1) is 0 Å². The molecule has 0 atom stereocenters. The van der Waals surface area contributed by atoms with Gasteiger partial charge < -0.3 is 14.5 Å². The molecule has 7 nitrogen and oxygen atoms in total.